The Balaban J connectivity index is 1.67. The fraction of sp³-hybridized carbons (Fsp3) is 0.700. The number of H-pyrrole nitrogens is 1. The molecule has 5 rings (SSSR count). The summed E-state index contributed by atoms with van der Waals surface area (Å²) < 4.78 is 40.5. The minimum atomic E-state index is -4.38. The van der Waals surface area contributed by atoms with Crippen molar-refractivity contribution in [1.82, 2.24) is 19.7 Å². The van der Waals surface area contributed by atoms with E-state index in [4.69, 9.17) is 0 Å². The molecule has 0 bridgehead atoms. The van der Waals surface area contributed by atoms with E-state index in [1.54, 1.807) is 0 Å². The smallest absolute Gasteiger partial charge is 0.307 e. The van der Waals surface area contributed by atoms with Gasteiger partial charge >= 0.3 is 6.18 Å². The van der Waals surface area contributed by atoms with Crippen molar-refractivity contribution in [2.24, 2.45) is 5.92 Å². The highest BCUT2D eigenvalue weighted by Crippen LogP contribution is 2.41. The lowest BCUT2D eigenvalue weighted by molar-refractivity contribution is -0.142. The van der Waals surface area contributed by atoms with Crippen molar-refractivity contribution in [3.63, 3.8) is 0 Å². The Hall–Kier alpha value is -1.83. The fourth-order valence-electron chi connectivity index (χ4n) is 5.02. The molecule has 1 aliphatic heterocycles. The van der Waals surface area contributed by atoms with E-state index >= 15 is 0 Å². The molecule has 0 aromatic carbocycles. The molecule has 0 amide bonds. The van der Waals surface area contributed by atoms with Crippen molar-refractivity contribution in [3.05, 3.63) is 27.2 Å². The summed E-state index contributed by atoms with van der Waals surface area (Å²) >= 11 is 0. The Morgan fingerprint density at radius 1 is 1.07 bits per heavy atom. The van der Waals surface area contributed by atoms with Gasteiger partial charge in [-0.15, -0.1) is 0 Å². The zero-order valence-electron chi connectivity index (χ0n) is 15.8. The first-order chi connectivity index (χ1) is 13.4. The van der Waals surface area contributed by atoms with Gasteiger partial charge in [-0.3, -0.25) is 9.69 Å². The number of fused-ring (bicyclic) bond motifs is 3. The highest BCUT2D eigenvalue weighted by molar-refractivity contribution is 5.84. The summed E-state index contributed by atoms with van der Waals surface area (Å²) in [7, 11) is 0. The van der Waals surface area contributed by atoms with Gasteiger partial charge < -0.3 is 4.98 Å². The number of aryl methyl sites for hydroxylation is 1. The number of hydrogen-bond acceptors (Lipinski definition) is 3. The zero-order valence-corrected chi connectivity index (χ0v) is 15.8. The van der Waals surface area contributed by atoms with Crippen LogP contribution in [0.1, 0.15) is 61.4 Å². The molecule has 3 heterocycles. The molecule has 2 aliphatic carbocycles. The first-order valence-electron chi connectivity index (χ1n) is 10.4. The number of halogens is 3. The molecule has 28 heavy (non-hydrogen) atoms. The Labute approximate surface area is 160 Å². The topological polar surface area (TPSA) is 53.9 Å². The number of aromatic nitrogens is 3. The van der Waals surface area contributed by atoms with Crippen LogP contribution in [0.3, 0.4) is 0 Å². The molecule has 0 radical (unpaired) electrons. The van der Waals surface area contributed by atoms with Crippen LogP contribution in [-0.2, 0) is 19.4 Å². The van der Waals surface area contributed by atoms with Crippen LogP contribution >= 0.6 is 0 Å². The van der Waals surface area contributed by atoms with Gasteiger partial charge in [-0.1, -0.05) is 0 Å². The molecule has 0 spiro atoms. The standard InChI is InChI=1S/C20H25F3N4O/c21-20(22,23)11-27-18-16(13-4-1-2-5-14(13)19(28)24-18)17(25-27)15-6-3-9-26(15)10-12-7-8-12/h12,15H,1-11H2,(H,24,28)/t15-/m1/s1. The van der Waals surface area contributed by atoms with Gasteiger partial charge in [-0.2, -0.15) is 18.3 Å². The zero-order chi connectivity index (χ0) is 19.5. The van der Waals surface area contributed by atoms with E-state index in [-0.39, 0.29) is 17.2 Å². The van der Waals surface area contributed by atoms with Gasteiger partial charge in [0.15, 0.2) is 0 Å². The number of nitrogens with one attached hydrogen (secondary N) is 1. The highest BCUT2D eigenvalue weighted by atomic mass is 19.4. The summed E-state index contributed by atoms with van der Waals surface area (Å²) in [5, 5.41) is 5.25. The van der Waals surface area contributed by atoms with Crippen LogP contribution in [0.15, 0.2) is 4.79 Å². The first-order valence-corrected chi connectivity index (χ1v) is 10.4. The largest absolute Gasteiger partial charge is 0.408 e. The molecule has 1 atom stereocenters. The van der Waals surface area contributed by atoms with Crippen molar-refractivity contribution in [3.8, 4) is 0 Å². The van der Waals surface area contributed by atoms with E-state index in [1.165, 1.54) is 12.8 Å². The van der Waals surface area contributed by atoms with Crippen molar-refractivity contribution in [2.75, 3.05) is 13.1 Å². The third kappa shape index (κ3) is 3.25. The number of likely N-dealkylation sites (tertiary alicyclic amines) is 1. The molecule has 8 heteroatoms. The quantitative estimate of drug-likeness (QED) is 0.860. The summed E-state index contributed by atoms with van der Waals surface area (Å²) in [6, 6.07) is 0.0505. The summed E-state index contributed by atoms with van der Waals surface area (Å²) in [4.78, 5) is 17.7. The van der Waals surface area contributed by atoms with Gasteiger partial charge in [0, 0.05) is 17.5 Å². The average Bonchev–Trinajstić information content (AvgIpc) is 3.22. The maximum absolute atomic E-state index is 13.2. The summed E-state index contributed by atoms with van der Waals surface area (Å²) in [6.45, 7) is 0.803. The van der Waals surface area contributed by atoms with Crippen LogP contribution in [0.4, 0.5) is 13.2 Å². The fourth-order valence-corrected chi connectivity index (χ4v) is 5.02. The summed E-state index contributed by atoms with van der Waals surface area (Å²) in [5.41, 5.74) is 2.42. The predicted molar refractivity (Wildman–Crippen MR) is 99.3 cm³/mol. The van der Waals surface area contributed by atoms with Gasteiger partial charge in [0.1, 0.15) is 12.2 Å². The summed E-state index contributed by atoms with van der Waals surface area (Å²) in [6.07, 6.45) is 3.42. The van der Waals surface area contributed by atoms with E-state index in [0.29, 0.717) is 6.42 Å². The molecule has 2 fully saturated rings. The van der Waals surface area contributed by atoms with Crippen molar-refractivity contribution in [2.45, 2.75) is 70.1 Å². The van der Waals surface area contributed by atoms with Gasteiger partial charge in [0.25, 0.3) is 5.56 Å². The molecular weight excluding hydrogens is 369 g/mol. The molecule has 1 saturated heterocycles. The second kappa shape index (κ2) is 6.61. The molecule has 152 valence electrons. The Bertz CT molecular complexity index is 957. The number of nitrogens with zero attached hydrogens (tertiary/aromatic N) is 3. The van der Waals surface area contributed by atoms with E-state index in [9.17, 15) is 18.0 Å². The van der Waals surface area contributed by atoms with Crippen LogP contribution in [-0.4, -0.2) is 38.9 Å². The Morgan fingerprint density at radius 2 is 1.82 bits per heavy atom. The highest BCUT2D eigenvalue weighted by Gasteiger charge is 2.37. The van der Waals surface area contributed by atoms with Crippen molar-refractivity contribution < 1.29 is 13.2 Å². The molecule has 0 unspecified atom stereocenters. The molecule has 1 saturated carbocycles. The Kier molecular flexibility index (Phi) is 4.30. The minimum absolute atomic E-state index is 0.0505. The normalized spacial score (nSPS) is 23.5. The van der Waals surface area contributed by atoms with Crippen LogP contribution in [0.25, 0.3) is 11.0 Å². The molecule has 2 aromatic rings. The van der Waals surface area contributed by atoms with Crippen LogP contribution < -0.4 is 5.56 Å². The maximum atomic E-state index is 13.2. The average molecular weight is 394 g/mol. The predicted octanol–water partition coefficient (Wildman–Crippen LogP) is 3.71. The Morgan fingerprint density at radius 3 is 2.54 bits per heavy atom. The van der Waals surface area contributed by atoms with Crippen molar-refractivity contribution in [1.29, 1.82) is 0 Å². The van der Waals surface area contributed by atoms with E-state index in [2.05, 4.69) is 15.0 Å². The third-order valence-electron chi connectivity index (χ3n) is 6.45. The third-order valence-corrected chi connectivity index (χ3v) is 6.45. The second-order valence-corrected chi connectivity index (χ2v) is 8.60. The lowest BCUT2D eigenvalue weighted by atomic mass is 9.89. The van der Waals surface area contributed by atoms with Crippen LogP contribution in [0, 0.1) is 5.92 Å². The monoisotopic (exact) mass is 394 g/mol. The SMILES string of the molecule is O=c1[nH]c2c(c([C@H]3CCCN3CC3CC3)nn2CC(F)(F)F)c2c1CCCC2. The number of alkyl halides is 3. The second-order valence-electron chi connectivity index (χ2n) is 8.60. The molecule has 5 nitrogen and oxygen atoms in total. The van der Waals surface area contributed by atoms with E-state index in [0.717, 1.165) is 78.0 Å². The van der Waals surface area contributed by atoms with Gasteiger partial charge in [0.2, 0.25) is 0 Å². The van der Waals surface area contributed by atoms with Gasteiger partial charge in [-0.05, 0) is 69.4 Å². The molecule has 1 N–H and O–H groups in total. The van der Waals surface area contributed by atoms with E-state index in [1.807, 2.05) is 0 Å². The van der Waals surface area contributed by atoms with Crippen molar-refractivity contribution >= 4 is 11.0 Å². The number of rotatable bonds is 4. The first kappa shape index (κ1) is 18.2. The van der Waals surface area contributed by atoms with Gasteiger partial charge in [0.05, 0.1) is 11.7 Å². The number of pyridine rings is 1. The number of hydrogen-bond donors (Lipinski definition) is 1. The van der Waals surface area contributed by atoms with Gasteiger partial charge in [-0.25, -0.2) is 4.68 Å². The maximum Gasteiger partial charge on any atom is 0.408 e. The number of aromatic amines is 1. The molecular formula is C20H25F3N4O. The molecule has 2 aromatic heterocycles. The van der Waals surface area contributed by atoms with Crippen LogP contribution in [0.5, 0.6) is 0 Å². The summed E-state index contributed by atoms with van der Waals surface area (Å²) in [5.74, 6) is 0.720. The lowest BCUT2D eigenvalue weighted by Gasteiger charge is -2.24. The van der Waals surface area contributed by atoms with Crippen LogP contribution in [0.2, 0.25) is 0 Å². The lowest BCUT2D eigenvalue weighted by Crippen LogP contribution is -2.26. The molecule has 3 aliphatic rings. The van der Waals surface area contributed by atoms with E-state index < -0.39 is 12.7 Å². The minimum Gasteiger partial charge on any atom is -0.307 e.